The lowest BCUT2D eigenvalue weighted by Crippen LogP contribution is -2.25. The fraction of sp³-hybridized carbons (Fsp3) is 0.800. The maximum absolute atomic E-state index is 4.08. The molecule has 3 heteroatoms. The Hall–Kier alpha value is 0.200. The van der Waals surface area contributed by atoms with Gasteiger partial charge in [0, 0.05) is 23.7 Å². The Bertz CT molecular complexity index is 103. The van der Waals surface area contributed by atoms with E-state index in [1.54, 1.807) is 0 Å². The van der Waals surface area contributed by atoms with Crippen molar-refractivity contribution in [2.24, 2.45) is 5.10 Å². The van der Waals surface area contributed by atoms with E-state index in [4.69, 9.17) is 0 Å². The van der Waals surface area contributed by atoms with Crippen LogP contribution in [0.15, 0.2) is 5.10 Å². The summed E-state index contributed by atoms with van der Waals surface area (Å²) in [5.74, 6) is 0. The summed E-state index contributed by atoms with van der Waals surface area (Å²) in [6, 6.07) is 0. The summed E-state index contributed by atoms with van der Waals surface area (Å²) in [7, 11) is 2.00. The van der Waals surface area contributed by atoms with Crippen LogP contribution in [0.2, 0.25) is 0 Å². The number of rotatable bonds is 0. The zero-order valence-corrected chi connectivity index (χ0v) is 7.00. The van der Waals surface area contributed by atoms with Crippen molar-refractivity contribution >= 4 is 28.8 Å². The van der Waals surface area contributed by atoms with E-state index in [9.17, 15) is 0 Å². The van der Waals surface area contributed by atoms with Crippen LogP contribution in [-0.4, -0.2) is 28.7 Å². The normalized spacial score (nSPS) is 28.8. The van der Waals surface area contributed by atoms with Crippen LogP contribution in [0.4, 0.5) is 0 Å². The van der Waals surface area contributed by atoms with E-state index in [1.165, 1.54) is 0 Å². The Kier molecular flexibility index (Phi) is 2.10. The van der Waals surface area contributed by atoms with Gasteiger partial charge >= 0.3 is 0 Å². The molecule has 1 atom stereocenters. The zero-order chi connectivity index (χ0) is 5.98. The molecule has 0 radical (unpaired) electrons. The lowest BCUT2D eigenvalue weighted by molar-refractivity contribution is 0.348. The van der Waals surface area contributed by atoms with Crippen molar-refractivity contribution in [2.45, 2.75) is 10.3 Å². The largest absolute Gasteiger partial charge is 0.299 e. The first kappa shape index (κ1) is 6.32. The number of halogens is 1. The molecule has 1 aliphatic rings. The summed E-state index contributed by atoms with van der Waals surface area (Å²) in [6.07, 6.45) is 3.10. The quantitative estimate of drug-likeness (QED) is 0.444. The Morgan fingerprint density at radius 2 is 2.62 bits per heavy atom. The van der Waals surface area contributed by atoms with Crippen molar-refractivity contribution in [3.63, 3.8) is 0 Å². The molecular weight excluding hydrogens is 215 g/mol. The number of alkyl halides is 1. The van der Waals surface area contributed by atoms with Crippen molar-refractivity contribution < 1.29 is 0 Å². The average molecular weight is 224 g/mol. The van der Waals surface area contributed by atoms with Gasteiger partial charge in [0.1, 0.15) is 0 Å². The maximum atomic E-state index is 4.08. The van der Waals surface area contributed by atoms with E-state index in [1.807, 2.05) is 18.3 Å². The summed E-state index contributed by atoms with van der Waals surface area (Å²) < 4.78 is 0.759. The molecule has 2 nitrogen and oxygen atoms in total. The van der Waals surface area contributed by atoms with E-state index < -0.39 is 0 Å². The van der Waals surface area contributed by atoms with Crippen molar-refractivity contribution in [2.75, 3.05) is 13.6 Å². The summed E-state index contributed by atoms with van der Waals surface area (Å²) in [4.78, 5) is 0. The second-order valence-electron chi connectivity index (χ2n) is 1.97. The molecule has 0 aliphatic carbocycles. The molecule has 0 aromatic heterocycles. The van der Waals surface area contributed by atoms with Crippen LogP contribution in [0.3, 0.4) is 0 Å². The fourth-order valence-corrected chi connectivity index (χ4v) is 1.51. The average Bonchev–Trinajstić information content (AvgIpc) is 1.64. The Morgan fingerprint density at radius 3 is 3.00 bits per heavy atom. The molecule has 0 amide bonds. The standard InChI is InChI=1S/C5H9IN2/c1-8-4-5(6)2-3-7-8/h3,5H,2,4H2,1H3. The van der Waals surface area contributed by atoms with Gasteiger partial charge in [0.05, 0.1) is 0 Å². The second-order valence-corrected chi connectivity index (χ2v) is 3.73. The number of hydrogen-bond donors (Lipinski definition) is 0. The van der Waals surface area contributed by atoms with Gasteiger partial charge in [-0.05, 0) is 6.42 Å². The number of hydrogen-bond acceptors (Lipinski definition) is 2. The lowest BCUT2D eigenvalue weighted by atomic mass is 10.3. The van der Waals surface area contributed by atoms with Gasteiger partial charge in [-0.1, -0.05) is 22.6 Å². The number of hydrazone groups is 1. The van der Waals surface area contributed by atoms with Crippen LogP contribution in [-0.2, 0) is 0 Å². The highest BCUT2D eigenvalue weighted by Crippen LogP contribution is 2.09. The van der Waals surface area contributed by atoms with Crippen LogP contribution in [0.25, 0.3) is 0 Å². The summed E-state index contributed by atoms with van der Waals surface area (Å²) in [6.45, 7) is 1.09. The van der Waals surface area contributed by atoms with Crippen LogP contribution >= 0.6 is 22.6 Å². The van der Waals surface area contributed by atoms with Gasteiger partial charge in [0.2, 0.25) is 0 Å². The van der Waals surface area contributed by atoms with Gasteiger partial charge in [-0.3, -0.25) is 5.01 Å². The molecule has 1 unspecified atom stereocenters. The third kappa shape index (κ3) is 1.61. The summed E-state index contributed by atoms with van der Waals surface area (Å²) >= 11 is 2.44. The third-order valence-electron chi connectivity index (χ3n) is 1.10. The monoisotopic (exact) mass is 224 g/mol. The molecule has 1 rings (SSSR count). The summed E-state index contributed by atoms with van der Waals surface area (Å²) in [5.41, 5.74) is 0. The van der Waals surface area contributed by atoms with Gasteiger partial charge in [-0.25, -0.2) is 0 Å². The van der Waals surface area contributed by atoms with Gasteiger partial charge in [0.15, 0.2) is 0 Å². The van der Waals surface area contributed by atoms with Crippen molar-refractivity contribution in [1.82, 2.24) is 5.01 Å². The topological polar surface area (TPSA) is 15.6 Å². The van der Waals surface area contributed by atoms with Crippen LogP contribution in [0.5, 0.6) is 0 Å². The molecule has 0 fully saturated rings. The molecule has 0 spiro atoms. The molecule has 1 aliphatic heterocycles. The van der Waals surface area contributed by atoms with Crippen molar-refractivity contribution in [3.8, 4) is 0 Å². The minimum absolute atomic E-state index is 0.759. The highest BCUT2D eigenvalue weighted by Gasteiger charge is 2.08. The molecule has 0 bridgehead atoms. The molecule has 0 aromatic rings. The minimum Gasteiger partial charge on any atom is -0.299 e. The van der Waals surface area contributed by atoms with E-state index in [0.29, 0.717) is 0 Å². The predicted molar refractivity (Wildman–Crippen MR) is 43.5 cm³/mol. The van der Waals surface area contributed by atoms with E-state index >= 15 is 0 Å². The number of nitrogens with zero attached hydrogens (tertiary/aromatic N) is 2. The minimum atomic E-state index is 0.759. The fourth-order valence-electron chi connectivity index (χ4n) is 0.709. The maximum Gasteiger partial charge on any atom is 0.0478 e. The van der Waals surface area contributed by atoms with Gasteiger partial charge in [-0.2, -0.15) is 5.10 Å². The molecule has 0 saturated heterocycles. The Balaban J connectivity index is 2.42. The molecular formula is C5H9IN2. The SMILES string of the molecule is CN1CC(I)CC=N1. The molecule has 0 saturated carbocycles. The van der Waals surface area contributed by atoms with Crippen LogP contribution in [0, 0.1) is 0 Å². The second kappa shape index (κ2) is 2.66. The summed E-state index contributed by atoms with van der Waals surface area (Å²) in [5, 5.41) is 6.06. The van der Waals surface area contributed by atoms with E-state index in [-0.39, 0.29) is 0 Å². The van der Waals surface area contributed by atoms with Gasteiger partial charge in [0.25, 0.3) is 0 Å². The Labute approximate surface area is 63.1 Å². The smallest absolute Gasteiger partial charge is 0.0478 e. The van der Waals surface area contributed by atoms with E-state index in [0.717, 1.165) is 16.9 Å². The first-order valence-electron chi connectivity index (χ1n) is 2.66. The predicted octanol–water partition coefficient (Wildman–Crippen LogP) is 1.11. The van der Waals surface area contributed by atoms with Crippen molar-refractivity contribution in [1.29, 1.82) is 0 Å². The van der Waals surface area contributed by atoms with Crippen LogP contribution in [0.1, 0.15) is 6.42 Å². The van der Waals surface area contributed by atoms with E-state index in [2.05, 4.69) is 27.7 Å². The lowest BCUT2D eigenvalue weighted by Gasteiger charge is -2.20. The first-order chi connectivity index (χ1) is 3.79. The first-order valence-corrected chi connectivity index (χ1v) is 3.91. The van der Waals surface area contributed by atoms with Crippen molar-refractivity contribution in [3.05, 3.63) is 0 Å². The molecule has 0 N–H and O–H groups in total. The highest BCUT2D eigenvalue weighted by molar-refractivity contribution is 14.1. The molecule has 8 heavy (non-hydrogen) atoms. The van der Waals surface area contributed by atoms with Crippen LogP contribution < -0.4 is 0 Å². The third-order valence-corrected chi connectivity index (χ3v) is 2.00. The Morgan fingerprint density at radius 1 is 1.88 bits per heavy atom. The van der Waals surface area contributed by atoms with Gasteiger partial charge < -0.3 is 0 Å². The molecule has 46 valence electrons. The highest BCUT2D eigenvalue weighted by atomic mass is 127. The van der Waals surface area contributed by atoms with Gasteiger partial charge in [-0.15, -0.1) is 0 Å². The zero-order valence-electron chi connectivity index (χ0n) is 4.84. The molecule has 1 heterocycles. The molecule has 0 aromatic carbocycles.